The fraction of sp³-hybridized carbons (Fsp3) is 0.889. The zero-order chi connectivity index (χ0) is 9.45. The van der Waals surface area contributed by atoms with Crippen LogP contribution in [0.5, 0.6) is 0 Å². The van der Waals surface area contributed by atoms with Crippen LogP contribution in [0.15, 0.2) is 0 Å². The number of hydrogen-bond donors (Lipinski definition) is 0. The Morgan fingerprint density at radius 2 is 2.00 bits per heavy atom. The van der Waals surface area contributed by atoms with Crippen molar-refractivity contribution in [1.29, 1.82) is 0 Å². The average molecular weight is 187 g/mol. The van der Waals surface area contributed by atoms with E-state index in [1.54, 1.807) is 0 Å². The summed E-state index contributed by atoms with van der Waals surface area (Å²) in [7, 11) is -1.07. The van der Waals surface area contributed by atoms with Crippen molar-refractivity contribution < 1.29 is 9.53 Å². The minimum absolute atomic E-state index is 0.562. The standard InChI is InChI=1S/C9H19O2Si/c1-4-5-7-12(2,3)8-6-11-9-10/h4-8H2,1-3H3. The highest BCUT2D eigenvalue weighted by atomic mass is 28.3. The maximum atomic E-state index is 9.77. The molecule has 0 saturated carbocycles. The fourth-order valence-electron chi connectivity index (χ4n) is 1.15. The molecule has 12 heavy (non-hydrogen) atoms. The Bertz CT molecular complexity index is 124. The molecule has 0 aliphatic carbocycles. The summed E-state index contributed by atoms with van der Waals surface area (Å²) in [6, 6.07) is 2.41. The van der Waals surface area contributed by atoms with Crippen LogP contribution < -0.4 is 0 Å². The van der Waals surface area contributed by atoms with Crippen LogP contribution in [-0.4, -0.2) is 21.2 Å². The first-order chi connectivity index (χ1) is 5.62. The van der Waals surface area contributed by atoms with Gasteiger partial charge in [0, 0.05) is 0 Å². The molecule has 0 aromatic heterocycles. The molecule has 0 bridgehead atoms. The van der Waals surface area contributed by atoms with Crippen molar-refractivity contribution in [3.8, 4) is 0 Å². The summed E-state index contributed by atoms with van der Waals surface area (Å²) in [5.74, 6) is 0. The zero-order valence-corrected chi connectivity index (χ0v) is 9.35. The summed E-state index contributed by atoms with van der Waals surface area (Å²) in [4.78, 5) is 9.77. The van der Waals surface area contributed by atoms with Crippen LogP contribution in [0.4, 0.5) is 0 Å². The highest BCUT2D eigenvalue weighted by Gasteiger charge is 2.19. The smallest absolute Gasteiger partial charge is 0.417 e. The predicted octanol–water partition coefficient (Wildman–Crippen LogP) is 2.58. The van der Waals surface area contributed by atoms with Crippen molar-refractivity contribution in [2.45, 2.75) is 44.9 Å². The molecule has 71 valence electrons. The van der Waals surface area contributed by atoms with E-state index in [4.69, 9.17) is 0 Å². The first-order valence-electron chi connectivity index (χ1n) is 4.61. The van der Waals surface area contributed by atoms with Gasteiger partial charge in [-0.1, -0.05) is 38.9 Å². The number of rotatable bonds is 7. The first-order valence-corrected chi connectivity index (χ1v) is 8.03. The molecule has 0 spiro atoms. The van der Waals surface area contributed by atoms with Crippen LogP contribution in [0.1, 0.15) is 19.8 Å². The molecular weight excluding hydrogens is 168 g/mol. The van der Waals surface area contributed by atoms with E-state index in [1.165, 1.54) is 25.4 Å². The lowest BCUT2D eigenvalue weighted by Gasteiger charge is -2.20. The minimum atomic E-state index is -1.07. The molecule has 0 aromatic carbocycles. The molecule has 0 rings (SSSR count). The number of hydrogen-bond acceptors (Lipinski definition) is 2. The number of carbonyl (C=O) groups excluding carboxylic acids is 1. The average Bonchev–Trinajstić information content (AvgIpc) is 2.01. The van der Waals surface area contributed by atoms with Crippen LogP contribution in [0.2, 0.25) is 25.2 Å². The summed E-state index contributed by atoms with van der Waals surface area (Å²) in [6.45, 7) is 8.93. The quantitative estimate of drug-likeness (QED) is 0.452. The first kappa shape index (κ1) is 11.7. The Kier molecular flexibility index (Phi) is 6.07. The lowest BCUT2D eigenvalue weighted by Crippen LogP contribution is -2.26. The van der Waals surface area contributed by atoms with Crippen LogP contribution in [0, 0.1) is 0 Å². The molecule has 3 heteroatoms. The molecular formula is C9H19O2Si. The van der Waals surface area contributed by atoms with Crippen molar-refractivity contribution in [3.05, 3.63) is 0 Å². The highest BCUT2D eigenvalue weighted by molar-refractivity contribution is 6.77. The Morgan fingerprint density at radius 1 is 1.33 bits per heavy atom. The van der Waals surface area contributed by atoms with E-state index in [9.17, 15) is 4.79 Å². The van der Waals surface area contributed by atoms with Gasteiger partial charge in [0.15, 0.2) is 0 Å². The van der Waals surface area contributed by atoms with Gasteiger partial charge in [-0.3, -0.25) is 0 Å². The molecule has 0 heterocycles. The minimum Gasteiger partial charge on any atom is -0.458 e. The second-order valence-electron chi connectivity index (χ2n) is 3.95. The van der Waals surface area contributed by atoms with Crippen LogP contribution in [-0.2, 0) is 9.53 Å². The van der Waals surface area contributed by atoms with Crippen molar-refractivity contribution in [3.63, 3.8) is 0 Å². The molecule has 1 radical (unpaired) electrons. The normalized spacial score (nSPS) is 11.2. The Hall–Kier alpha value is -0.313. The maximum absolute atomic E-state index is 9.77. The van der Waals surface area contributed by atoms with Gasteiger partial charge in [-0.05, 0) is 6.04 Å². The van der Waals surface area contributed by atoms with E-state index in [2.05, 4.69) is 24.8 Å². The summed E-state index contributed by atoms with van der Waals surface area (Å²) < 4.78 is 4.58. The molecule has 0 saturated heterocycles. The molecule has 0 fully saturated rings. The second-order valence-corrected chi connectivity index (χ2v) is 9.28. The fourth-order valence-corrected chi connectivity index (χ4v) is 3.36. The van der Waals surface area contributed by atoms with E-state index in [1.807, 2.05) is 0 Å². The third kappa shape index (κ3) is 6.40. The van der Waals surface area contributed by atoms with Crippen molar-refractivity contribution in [1.82, 2.24) is 0 Å². The van der Waals surface area contributed by atoms with E-state index in [0.717, 1.165) is 6.04 Å². The van der Waals surface area contributed by atoms with Gasteiger partial charge in [-0.25, -0.2) is 4.79 Å². The lowest BCUT2D eigenvalue weighted by molar-refractivity contribution is 0.294. The summed E-state index contributed by atoms with van der Waals surface area (Å²) in [5.41, 5.74) is 0. The van der Waals surface area contributed by atoms with E-state index in [-0.39, 0.29) is 0 Å². The van der Waals surface area contributed by atoms with Crippen LogP contribution in [0.25, 0.3) is 0 Å². The molecule has 0 unspecified atom stereocenters. The van der Waals surface area contributed by atoms with Crippen molar-refractivity contribution in [2.24, 2.45) is 0 Å². The molecule has 0 aliphatic heterocycles. The molecule has 0 aliphatic rings. The topological polar surface area (TPSA) is 26.3 Å². The third-order valence-corrected chi connectivity index (χ3v) is 5.41. The summed E-state index contributed by atoms with van der Waals surface area (Å²) >= 11 is 0. The maximum Gasteiger partial charge on any atom is 0.417 e. The third-order valence-electron chi connectivity index (χ3n) is 2.15. The Labute approximate surface area is 76.3 Å². The lowest BCUT2D eigenvalue weighted by atomic mass is 10.4. The van der Waals surface area contributed by atoms with Gasteiger partial charge in [-0.2, -0.15) is 0 Å². The Balaban J connectivity index is 3.48. The van der Waals surface area contributed by atoms with Gasteiger partial charge in [-0.15, -0.1) is 0 Å². The van der Waals surface area contributed by atoms with Crippen LogP contribution in [0.3, 0.4) is 0 Å². The monoisotopic (exact) mass is 187 g/mol. The van der Waals surface area contributed by atoms with Gasteiger partial charge in [0.2, 0.25) is 0 Å². The van der Waals surface area contributed by atoms with Gasteiger partial charge >= 0.3 is 6.47 Å². The van der Waals surface area contributed by atoms with Gasteiger partial charge in [0.05, 0.1) is 14.7 Å². The van der Waals surface area contributed by atoms with Gasteiger partial charge < -0.3 is 4.74 Å². The van der Waals surface area contributed by atoms with Gasteiger partial charge in [0.25, 0.3) is 0 Å². The van der Waals surface area contributed by atoms with E-state index < -0.39 is 8.07 Å². The van der Waals surface area contributed by atoms with E-state index >= 15 is 0 Å². The largest absolute Gasteiger partial charge is 0.458 e. The number of unbranched alkanes of at least 4 members (excludes halogenated alkanes) is 1. The van der Waals surface area contributed by atoms with Crippen LogP contribution >= 0.6 is 0 Å². The van der Waals surface area contributed by atoms with Gasteiger partial charge in [0.1, 0.15) is 0 Å². The zero-order valence-electron chi connectivity index (χ0n) is 8.35. The summed E-state index contributed by atoms with van der Waals surface area (Å²) in [6.07, 6.45) is 2.57. The molecule has 0 amide bonds. The predicted molar refractivity (Wildman–Crippen MR) is 53.6 cm³/mol. The molecule has 2 nitrogen and oxygen atoms in total. The number of ether oxygens (including phenoxy) is 1. The molecule has 0 aromatic rings. The Morgan fingerprint density at radius 3 is 2.50 bits per heavy atom. The second kappa shape index (κ2) is 6.23. The SMILES string of the molecule is CCCC[Si](C)(C)CCO[C]=O. The molecule has 0 atom stereocenters. The van der Waals surface area contributed by atoms with Crippen molar-refractivity contribution in [2.75, 3.05) is 6.61 Å². The molecule has 0 N–H and O–H groups in total. The summed E-state index contributed by atoms with van der Waals surface area (Å²) in [5, 5.41) is 0. The van der Waals surface area contributed by atoms with Crippen molar-refractivity contribution >= 4 is 14.5 Å². The van der Waals surface area contributed by atoms with E-state index in [0.29, 0.717) is 6.61 Å². The highest BCUT2D eigenvalue weighted by Crippen LogP contribution is 2.18.